The molecule has 146 valence electrons. The Labute approximate surface area is 168 Å². The van der Waals surface area contributed by atoms with Crippen molar-refractivity contribution >= 4 is 5.82 Å². The van der Waals surface area contributed by atoms with Crippen LogP contribution in [0.4, 0.5) is 5.82 Å². The van der Waals surface area contributed by atoms with E-state index in [1.54, 1.807) is 20.4 Å². The lowest BCUT2D eigenvalue weighted by atomic mass is 10.1. The molecule has 0 fully saturated rings. The third-order valence-electron chi connectivity index (χ3n) is 4.51. The van der Waals surface area contributed by atoms with Gasteiger partial charge in [-0.1, -0.05) is 30.3 Å². The van der Waals surface area contributed by atoms with Gasteiger partial charge in [0.25, 0.3) is 0 Å². The second kappa shape index (κ2) is 8.52. The lowest BCUT2D eigenvalue weighted by molar-refractivity contribution is 0.410. The van der Waals surface area contributed by atoms with Crippen LogP contribution in [0.15, 0.2) is 65.3 Å². The van der Waals surface area contributed by atoms with Gasteiger partial charge in [-0.05, 0) is 30.2 Å². The first kappa shape index (κ1) is 18.6. The van der Waals surface area contributed by atoms with Crippen LogP contribution in [-0.2, 0) is 6.42 Å². The molecule has 0 aliphatic rings. The predicted molar refractivity (Wildman–Crippen MR) is 111 cm³/mol. The number of benzene rings is 2. The molecule has 0 bridgehead atoms. The first-order valence-electron chi connectivity index (χ1n) is 9.31. The lowest BCUT2D eigenvalue weighted by Crippen LogP contribution is -2.07. The standard InChI is InChI=1S/C22H21N5O2/c1-15-26-27-22(29-15)18-9-7-16(8-10-18)19-13-21(25-14-24-19)23-12-11-17-5-3-4-6-20(17)28-2/h3-10,13-14H,11-12H2,1-2H3,(H,23,24,25). The quantitative estimate of drug-likeness (QED) is 0.509. The minimum atomic E-state index is 0.510. The van der Waals surface area contributed by atoms with Gasteiger partial charge in [0.15, 0.2) is 0 Å². The molecule has 7 nitrogen and oxygen atoms in total. The van der Waals surface area contributed by atoms with Gasteiger partial charge >= 0.3 is 0 Å². The van der Waals surface area contributed by atoms with E-state index in [1.807, 2.05) is 48.5 Å². The first-order chi connectivity index (χ1) is 14.2. The molecule has 0 amide bonds. The Morgan fingerprint density at radius 3 is 2.52 bits per heavy atom. The fraction of sp³-hybridized carbons (Fsp3) is 0.182. The van der Waals surface area contributed by atoms with Crippen molar-refractivity contribution in [1.29, 1.82) is 0 Å². The molecule has 4 rings (SSSR count). The number of para-hydroxylation sites is 1. The van der Waals surface area contributed by atoms with Crippen molar-refractivity contribution in [3.8, 4) is 28.5 Å². The highest BCUT2D eigenvalue weighted by molar-refractivity contribution is 5.66. The molecule has 0 radical (unpaired) electrons. The summed E-state index contributed by atoms with van der Waals surface area (Å²) in [5, 5.41) is 11.3. The van der Waals surface area contributed by atoms with E-state index in [1.165, 1.54) is 0 Å². The minimum Gasteiger partial charge on any atom is -0.496 e. The van der Waals surface area contributed by atoms with Gasteiger partial charge in [-0.3, -0.25) is 0 Å². The Bertz CT molecular complexity index is 1090. The summed E-state index contributed by atoms with van der Waals surface area (Å²) < 4.78 is 10.9. The second-order valence-electron chi connectivity index (χ2n) is 6.48. The van der Waals surface area contributed by atoms with Gasteiger partial charge in [0, 0.05) is 30.7 Å². The maximum Gasteiger partial charge on any atom is 0.247 e. The van der Waals surface area contributed by atoms with E-state index in [0.717, 1.165) is 46.9 Å². The van der Waals surface area contributed by atoms with Gasteiger partial charge < -0.3 is 14.5 Å². The van der Waals surface area contributed by atoms with Crippen molar-refractivity contribution in [3.05, 3.63) is 72.4 Å². The Kier molecular flexibility index (Phi) is 5.47. The summed E-state index contributed by atoms with van der Waals surface area (Å²) >= 11 is 0. The monoisotopic (exact) mass is 387 g/mol. The Morgan fingerprint density at radius 2 is 1.76 bits per heavy atom. The van der Waals surface area contributed by atoms with Crippen molar-refractivity contribution in [2.45, 2.75) is 13.3 Å². The third-order valence-corrected chi connectivity index (χ3v) is 4.51. The van der Waals surface area contributed by atoms with Gasteiger partial charge in [0.2, 0.25) is 11.8 Å². The van der Waals surface area contributed by atoms with Gasteiger partial charge in [0.05, 0.1) is 12.8 Å². The Morgan fingerprint density at radius 1 is 0.966 bits per heavy atom. The molecular weight excluding hydrogens is 366 g/mol. The number of hydrogen-bond acceptors (Lipinski definition) is 7. The van der Waals surface area contributed by atoms with Crippen LogP contribution in [0.1, 0.15) is 11.5 Å². The number of rotatable bonds is 7. The van der Waals surface area contributed by atoms with Crippen LogP contribution in [0.5, 0.6) is 5.75 Å². The highest BCUT2D eigenvalue weighted by atomic mass is 16.5. The number of hydrogen-bond donors (Lipinski definition) is 1. The largest absolute Gasteiger partial charge is 0.496 e. The normalized spacial score (nSPS) is 10.7. The van der Waals surface area contributed by atoms with Crippen molar-refractivity contribution in [2.24, 2.45) is 0 Å². The molecule has 1 N–H and O–H groups in total. The van der Waals surface area contributed by atoms with E-state index in [-0.39, 0.29) is 0 Å². The minimum absolute atomic E-state index is 0.510. The number of methoxy groups -OCH3 is 1. The van der Waals surface area contributed by atoms with E-state index in [4.69, 9.17) is 9.15 Å². The summed E-state index contributed by atoms with van der Waals surface area (Å²) in [6.07, 6.45) is 2.40. The second-order valence-corrected chi connectivity index (χ2v) is 6.48. The van der Waals surface area contributed by atoms with E-state index < -0.39 is 0 Å². The summed E-state index contributed by atoms with van der Waals surface area (Å²) in [6, 6.07) is 17.8. The average molecular weight is 387 g/mol. The number of anilines is 1. The smallest absolute Gasteiger partial charge is 0.247 e. The number of nitrogens with one attached hydrogen (secondary N) is 1. The zero-order chi connectivity index (χ0) is 20.1. The van der Waals surface area contributed by atoms with E-state index >= 15 is 0 Å². The molecule has 2 aromatic heterocycles. The molecule has 0 atom stereocenters. The molecular formula is C22H21N5O2. The number of ether oxygens (including phenoxy) is 1. The van der Waals surface area contributed by atoms with Crippen molar-refractivity contribution in [1.82, 2.24) is 20.2 Å². The summed E-state index contributed by atoms with van der Waals surface area (Å²) in [5.74, 6) is 2.73. The lowest BCUT2D eigenvalue weighted by Gasteiger charge is -2.10. The zero-order valence-electron chi connectivity index (χ0n) is 16.3. The van der Waals surface area contributed by atoms with Crippen LogP contribution in [0.3, 0.4) is 0 Å². The van der Waals surface area contributed by atoms with Crippen LogP contribution in [0.25, 0.3) is 22.7 Å². The molecule has 0 saturated carbocycles. The highest BCUT2D eigenvalue weighted by Gasteiger charge is 2.08. The van der Waals surface area contributed by atoms with Crippen LogP contribution >= 0.6 is 0 Å². The maximum absolute atomic E-state index is 5.46. The van der Waals surface area contributed by atoms with E-state index in [2.05, 4.69) is 31.5 Å². The molecule has 4 aromatic rings. The number of aromatic nitrogens is 4. The number of aryl methyl sites for hydroxylation is 1. The summed E-state index contributed by atoms with van der Waals surface area (Å²) in [5.41, 5.74) is 3.86. The van der Waals surface area contributed by atoms with Crippen LogP contribution < -0.4 is 10.1 Å². The van der Waals surface area contributed by atoms with E-state index in [0.29, 0.717) is 11.8 Å². The molecule has 0 aliphatic carbocycles. The van der Waals surface area contributed by atoms with Gasteiger partial charge in [-0.15, -0.1) is 10.2 Å². The molecule has 0 spiro atoms. The van der Waals surface area contributed by atoms with Crippen LogP contribution in [0.2, 0.25) is 0 Å². The van der Waals surface area contributed by atoms with Gasteiger partial charge in [0.1, 0.15) is 17.9 Å². The van der Waals surface area contributed by atoms with Gasteiger partial charge in [-0.2, -0.15) is 0 Å². The number of nitrogens with zero attached hydrogens (tertiary/aromatic N) is 4. The molecule has 0 saturated heterocycles. The summed E-state index contributed by atoms with van der Waals surface area (Å²) in [7, 11) is 1.69. The van der Waals surface area contributed by atoms with E-state index in [9.17, 15) is 0 Å². The summed E-state index contributed by atoms with van der Waals surface area (Å²) in [6.45, 7) is 2.51. The molecule has 0 unspecified atom stereocenters. The van der Waals surface area contributed by atoms with Crippen LogP contribution in [-0.4, -0.2) is 33.8 Å². The summed E-state index contributed by atoms with van der Waals surface area (Å²) in [4.78, 5) is 8.71. The van der Waals surface area contributed by atoms with Crippen molar-refractivity contribution in [3.63, 3.8) is 0 Å². The van der Waals surface area contributed by atoms with Crippen molar-refractivity contribution < 1.29 is 9.15 Å². The Hall–Kier alpha value is -3.74. The SMILES string of the molecule is COc1ccccc1CCNc1cc(-c2ccc(-c3nnc(C)o3)cc2)ncn1. The first-order valence-corrected chi connectivity index (χ1v) is 9.31. The van der Waals surface area contributed by atoms with Crippen molar-refractivity contribution in [2.75, 3.05) is 19.0 Å². The zero-order valence-corrected chi connectivity index (χ0v) is 16.3. The van der Waals surface area contributed by atoms with Crippen LogP contribution in [0, 0.1) is 6.92 Å². The average Bonchev–Trinajstić information content (AvgIpc) is 3.21. The molecule has 7 heteroatoms. The fourth-order valence-corrected chi connectivity index (χ4v) is 3.04. The Balaban J connectivity index is 1.43. The third kappa shape index (κ3) is 4.40. The highest BCUT2D eigenvalue weighted by Crippen LogP contribution is 2.24. The van der Waals surface area contributed by atoms with Gasteiger partial charge in [-0.25, -0.2) is 9.97 Å². The molecule has 2 heterocycles. The fourth-order valence-electron chi connectivity index (χ4n) is 3.04. The maximum atomic E-state index is 5.46. The topological polar surface area (TPSA) is 86.0 Å². The molecule has 2 aromatic carbocycles. The predicted octanol–water partition coefficient (Wildman–Crippen LogP) is 4.17. The molecule has 29 heavy (non-hydrogen) atoms. The molecule has 0 aliphatic heterocycles.